The van der Waals surface area contributed by atoms with Crippen LogP contribution < -0.4 is 9.47 Å². The van der Waals surface area contributed by atoms with Crippen LogP contribution in [0.1, 0.15) is 17.2 Å². The van der Waals surface area contributed by atoms with E-state index in [0.29, 0.717) is 11.3 Å². The minimum Gasteiger partial charge on any atom is -0.494 e. The Morgan fingerprint density at radius 3 is 2.42 bits per heavy atom. The maximum atomic E-state index is 14.1. The lowest BCUT2D eigenvalue weighted by Gasteiger charge is -2.14. The summed E-state index contributed by atoms with van der Waals surface area (Å²) in [6, 6.07) is 10.8. The molecule has 1 N–H and O–H groups in total. The number of benzene rings is 2. The lowest BCUT2D eigenvalue weighted by molar-refractivity contribution is 0.219. The molecular formula is C19H14ClF2NO3. The first kappa shape index (κ1) is 18.1. The molecule has 0 saturated carbocycles. The molecule has 0 saturated heterocycles. The molecule has 1 unspecified atom stereocenters. The number of nitrogens with zero attached hydrogens (tertiary/aromatic N) is 1. The van der Waals surface area contributed by atoms with Crippen molar-refractivity contribution in [3.05, 3.63) is 82.6 Å². The van der Waals surface area contributed by atoms with Gasteiger partial charge in [0.25, 0.3) is 0 Å². The van der Waals surface area contributed by atoms with Gasteiger partial charge in [-0.05, 0) is 29.8 Å². The van der Waals surface area contributed by atoms with E-state index in [1.54, 1.807) is 30.3 Å². The van der Waals surface area contributed by atoms with Crippen LogP contribution in [0.2, 0.25) is 5.02 Å². The van der Waals surface area contributed by atoms with Crippen molar-refractivity contribution >= 4 is 11.6 Å². The summed E-state index contributed by atoms with van der Waals surface area (Å²) in [6.07, 6.45) is 1.11. The fraction of sp³-hybridized carbons (Fsp3) is 0.105. The van der Waals surface area contributed by atoms with E-state index >= 15 is 0 Å². The van der Waals surface area contributed by atoms with Crippen LogP contribution >= 0.6 is 11.6 Å². The van der Waals surface area contributed by atoms with Crippen LogP contribution in [0.4, 0.5) is 8.78 Å². The number of aliphatic hydroxyl groups excluding tert-OH is 1. The standard InChI is InChI=1S/C19H14ClF2NO3/c1-25-15-3-2-4-16(18(15)22)26-12-7-5-11(6-8-12)19(24)13-9-23-10-14(21)17(13)20/h2-10,19,24H,1H3. The molecule has 134 valence electrons. The molecular weight excluding hydrogens is 364 g/mol. The van der Waals surface area contributed by atoms with E-state index in [2.05, 4.69) is 4.98 Å². The van der Waals surface area contributed by atoms with Gasteiger partial charge in [0.2, 0.25) is 5.82 Å². The number of aliphatic hydroxyl groups is 1. The highest BCUT2D eigenvalue weighted by Gasteiger charge is 2.17. The molecule has 3 aromatic rings. The highest BCUT2D eigenvalue weighted by Crippen LogP contribution is 2.33. The van der Waals surface area contributed by atoms with E-state index in [4.69, 9.17) is 21.1 Å². The van der Waals surface area contributed by atoms with Gasteiger partial charge in [-0.1, -0.05) is 29.8 Å². The van der Waals surface area contributed by atoms with E-state index in [-0.39, 0.29) is 22.1 Å². The average Bonchev–Trinajstić information content (AvgIpc) is 2.66. The van der Waals surface area contributed by atoms with E-state index in [1.165, 1.54) is 25.4 Å². The van der Waals surface area contributed by atoms with Gasteiger partial charge in [0.15, 0.2) is 17.3 Å². The predicted octanol–water partition coefficient (Wildman–Crippen LogP) is 4.90. The van der Waals surface area contributed by atoms with E-state index in [1.807, 2.05) is 0 Å². The molecule has 0 aliphatic carbocycles. The summed E-state index contributed by atoms with van der Waals surface area (Å²) in [5.41, 5.74) is 0.608. The van der Waals surface area contributed by atoms with Crippen LogP contribution in [0.25, 0.3) is 0 Å². The predicted molar refractivity (Wildman–Crippen MR) is 92.7 cm³/mol. The lowest BCUT2D eigenvalue weighted by Crippen LogP contribution is -2.02. The number of hydrogen-bond acceptors (Lipinski definition) is 4. The van der Waals surface area contributed by atoms with Crippen molar-refractivity contribution in [2.24, 2.45) is 0 Å². The summed E-state index contributed by atoms with van der Waals surface area (Å²) in [6.45, 7) is 0. The highest BCUT2D eigenvalue weighted by molar-refractivity contribution is 6.31. The number of aromatic nitrogens is 1. The second-order valence-electron chi connectivity index (χ2n) is 5.37. The second kappa shape index (κ2) is 7.68. The zero-order valence-corrected chi connectivity index (χ0v) is 14.4. The molecule has 0 spiro atoms. The Morgan fingerprint density at radius 1 is 1.04 bits per heavy atom. The first-order chi connectivity index (χ1) is 12.5. The van der Waals surface area contributed by atoms with Crippen LogP contribution in [0.15, 0.2) is 54.9 Å². The Labute approximate surface area is 153 Å². The van der Waals surface area contributed by atoms with Gasteiger partial charge in [-0.15, -0.1) is 0 Å². The maximum absolute atomic E-state index is 14.1. The third kappa shape index (κ3) is 3.61. The Kier molecular flexibility index (Phi) is 5.35. The fourth-order valence-electron chi connectivity index (χ4n) is 2.38. The van der Waals surface area contributed by atoms with Gasteiger partial charge < -0.3 is 14.6 Å². The number of methoxy groups -OCH3 is 1. The summed E-state index contributed by atoms with van der Waals surface area (Å²) in [5, 5.41) is 10.2. The summed E-state index contributed by atoms with van der Waals surface area (Å²) >= 11 is 5.87. The maximum Gasteiger partial charge on any atom is 0.207 e. The average molecular weight is 378 g/mol. The second-order valence-corrected chi connectivity index (χ2v) is 5.75. The number of ether oxygens (including phenoxy) is 2. The fourth-order valence-corrected chi connectivity index (χ4v) is 2.58. The van der Waals surface area contributed by atoms with E-state index in [9.17, 15) is 13.9 Å². The van der Waals surface area contributed by atoms with Crippen molar-refractivity contribution < 1.29 is 23.4 Å². The van der Waals surface area contributed by atoms with Crippen molar-refractivity contribution in [2.75, 3.05) is 7.11 Å². The molecule has 26 heavy (non-hydrogen) atoms. The molecule has 1 heterocycles. The molecule has 2 aromatic carbocycles. The molecule has 1 atom stereocenters. The van der Waals surface area contributed by atoms with Crippen molar-refractivity contribution in [3.8, 4) is 17.2 Å². The summed E-state index contributed by atoms with van der Waals surface area (Å²) in [4.78, 5) is 3.69. The lowest BCUT2D eigenvalue weighted by atomic mass is 10.0. The number of halogens is 3. The smallest absolute Gasteiger partial charge is 0.207 e. The van der Waals surface area contributed by atoms with Gasteiger partial charge in [0.05, 0.1) is 18.3 Å². The summed E-state index contributed by atoms with van der Waals surface area (Å²) < 4.78 is 38.0. The first-order valence-electron chi connectivity index (χ1n) is 7.58. The quantitative estimate of drug-likeness (QED) is 0.687. The van der Waals surface area contributed by atoms with Gasteiger partial charge >= 0.3 is 0 Å². The number of hydrogen-bond donors (Lipinski definition) is 1. The van der Waals surface area contributed by atoms with Crippen molar-refractivity contribution in [1.29, 1.82) is 0 Å². The number of rotatable bonds is 5. The van der Waals surface area contributed by atoms with Crippen molar-refractivity contribution in [3.63, 3.8) is 0 Å². The normalized spacial score (nSPS) is 11.9. The van der Waals surface area contributed by atoms with E-state index in [0.717, 1.165) is 6.20 Å². The Bertz CT molecular complexity index is 919. The third-order valence-electron chi connectivity index (χ3n) is 3.73. The van der Waals surface area contributed by atoms with Crippen LogP contribution in [0, 0.1) is 11.6 Å². The van der Waals surface area contributed by atoms with Crippen LogP contribution in [-0.4, -0.2) is 17.2 Å². The van der Waals surface area contributed by atoms with Gasteiger partial charge in [0, 0.05) is 11.8 Å². The van der Waals surface area contributed by atoms with Crippen molar-refractivity contribution in [1.82, 2.24) is 4.98 Å². The third-order valence-corrected chi connectivity index (χ3v) is 4.13. The monoisotopic (exact) mass is 377 g/mol. The molecule has 0 radical (unpaired) electrons. The minimum atomic E-state index is -1.16. The Morgan fingerprint density at radius 2 is 1.73 bits per heavy atom. The molecule has 7 heteroatoms. The van der Waals surface area contributed by atoms with Gasteiger partial charge in [0.1, 0.15) is 11.9 Å². The SMILES string of the molecule is COc1cccc(Oc2ccc(C(O)c3cncc(F)c3Cl)cc2)c1F. The highest BCUT2D eigenvalue weighted by atomic mass is 35.5. The molecule has 4 nitrogen and oxygen atoms in total. The molecule has 0 amide bonds. The topological polar surface area (TPSA) is 51.6 Å². The number of pyridine rings is 1. The zero-order chi connectivity index (χ0) is 18.7. The Balaban J connectivity index is 1.82. The van der Waals surface area contributed by atoms with Crippen LogP contribution in [0.5, 0.6) is 17.2 Å². The van der Waals surface area contributed by atoms with Crippen LogP contribution in [-0.2, 0) is 0 Å². The largest absolute Gasteiger partial charge is 0.494 e. The van der Waals surface area contributed by atoms with E-state index < -0.39 is 17.7 Å². The Hall–Kier alpha value is -2.70. The molecule has 3 rings (SSSR count). The van der Waals surface area contributed by atoms with Gasteiger partial charge in [-0.2, -0.15) is 4.39 Å². The molecule has 0 aliphatic rings. The molecule has 0 bridgehead atoms. The van der Waals surface area contributed by atoms with Gasteiger partial charge in [-0.25, -0.2) is 4.39 Å². The zero-order valence-electron chi connectivity index (χ0n) is 13.6. The minimum absolute atomic E-state index is 0.00928. The molecule has 1 aromatic heterocycles. The summed E-state index contributed by atoms with van der Waals surface area (Å²) in [7, 11) is 1.37. The molecule has 0 aliphatic heterocycles. The van der Waals surface area contributed by atoms with Gasteiger partial charge in [-0.3, -0.25) is 4.98 Å². The molecule has 0 fully saturated rings. The van der Waals surface area contributed by atoms with Crippen molar-refractivity contribution in [2.45, 2.75) is 6.10 Å². The first-order valence-corrected chi connectivity index (χ1v) is 7.96. The summed E-state index contributed by atoms with van der Waals surface area (Å²) in [5.74, 6) is -0.886. The van der Waals surface area contributed by atoms with Crippen LogP contribution in [0.3, 0.4) is 0 Å².